The summed E-state index contributed by atoms with van der Waals surface area (Å²) in [5.74, 6) is 2.73. The minimum Gasteiger partial charge on any atom is -0.497 e. The zero-order valence-corrected chi connectivity index (χ0v) is 15.9. The van der Waals surface area contributed by atoms with Gasteiger partial charge in [0.1, 0.15) is 24.0 Å². The Balaban J connectivity index is 1.49. The maximum absolute atomic E-state index is 12.1. The van der Waals surface area contributed by atoms with Crippen LogP contribution in [-0.2, 0) is 0 Å². The molecule has 2 heterocycles. The highest BCUT2D eigenvalue weighted by Gasteiger charge is 2.14. The van der Waals surface area contributed by atoms with Crippen molar-refractivity contribution >= 4 is 11.7 Å². The first-order chi connectivity index (χ1) is 13.2. The Kier molecular flexibility index (Phi) is 6.46. The van der Waals surface area contributed by atoms with E-state index >= 15 is 0 Å². The van der Waals surface area contributed by atoms with Gasteiger partial charge in [0.25, 0.3) is 5.91 Å². The van der Waals surface area contributed by atoms with E-state index in [9.17, 15) is 4.79 Å². The molecule has 0 atom stereocenters. The van der Waals surface area contributed by atoms with Crippen LogP contribution in [0.5, 0.6) is 11.6 Å². The fourth-order valence-electron chi connectivity index (χ4n) is 3.05. The third-order valence-electron chi connectivity index (χ3n) is 4.47. The van der Waals surface area contributed by atoms with Gasteiger partial charge in [-0.3, -0.25) is 4.79 Å². The van der Waals surface area contributed by atoms with Crippen molar-refractivity contribution in [3.05, 3.63) is 41.7 Å². The van der Waals surface area contributed by atoms with Gasteiger partial charge in [0.15, 0.2) is 0 Å². The van der Waals surface area contributed by atoms with E-state index in [-0.39, 0.29) is 5.91 Å². The van der Waals surface area contributed by atoms with Gasteiger partial charge in [-0.25, -0.2) is 4.98 Å². The number of methoxy groups -OCH3 is 1. The van der Waals surface area contributed by atoms with Crippen LogP contribution >= 0.6 is 0 Å². The number of benzene rings is 1. The van der Waals surface area contributed by atoms with E-state index in [0.717, 1.165) is 24.7 Å². The maximum atomic E-state index is 12.1. The van der Waals surface area contributed by atoms with Crippen LogP contribution in [0.4, 0.5) is 5.82 Å². The summed E-state index contributed by atoms with van der Waals surface area (Å²) in [6.07, 6.45) is 3.66. The molecule has 27 heavy (non-hydrogen) atoms. The summed E-state index contributed by atoms with van der Waals surface area (Å²) >= 11 is 0. The first kappa shape index (κ1) is 18.9. The standard InChI is InChI=1S/C20H26N4O3/c1-15-22-18(24-11-4-3-5-12-24)14-19(23-15)27-13-10-21-20(25)16-6-8-17(26-2)9-7-16/h6-9,14H,3-5,10-13H2,1-2H3,(H,21,25). The lowest BCUT2D eigenvalue weighted by Gasteiger charge is -2.28. The molecule has 0 unspecified atom stereocenters. The van der Waals surface area contributed by atoms with Gasteiger partial charge in [-0.2, -0.15) is 4.98 Å². The van der Waals surface area contributed by atoms with Crippen LogP contribution in [0.15, 0.2) is 30.3 Å². The Hall–Kier alpha value is -2.83. The third kappa shape index (κ3) is 5.32. The minimum absolute atomic E-state index is 0.144. The second-order valence-electron chi connectivity index (χ2n) is 6.49. The molecule has 0 aliphatic carbocycles. The number of hydrogen-bond donors (Lipinski definition) is 1. The Morgan fingerprint density at radius 2 is 1.89 bits per heavy atom. The van der Waals surface area contributed by atoms with Crippen LogP contribution in [0.3, 0.4) is 0 Å². The highest BCUT2D eigenvalue weighted by atomic mass is 16.5. The average molecular weight is 370 g/mol. The molecule has 0 radical (unpaired) electrons. The van der Waals surface area contributed by atoms with Gasteiger partial charge in [-0.1, -0.05) is 0 Å². The van der Waals surface area contributed by atoms with Crippen LogP contribution in [0.2, 0.25) is 0 Å². The summed E-state index contributed by atoms with van der Waals surface area (Å²) < 4.78 is 10.8. The zero-order chi connectivity index (χ0) is 19.1. The highest BCUT2D eigenvalue weighted by Crippen LogP contribution is 2.21. The fourth-order valence-corrected chi connectivity index (χ4v) is 3.05. The molecule has 1 saturated heterocycles. The number of carbonyl (C=O) groups excluding carboxylic acids is 1. The lowest BCUT2D eigenvalue weighted by atomic mass is 10.1. The van der Waals surface area contributed by atoms with E-state index in [1.54, 1.807) is 31.4 Å². The zero-order valence-electron chi connectivity index (χ0n) is 15.9. The largest absolute Gasteiger partial charge is 0.497 e. The molecule has 0 saturated carbocycles. The normalized spacial score (nSPS) is 13.9. The third-order valence-corrected chi connectivity index (χ3v) is 4.47. The summed E-state index contributed by atoms with van der Waals surface area (Å²) in [7, 11) is 1.60. The maximum Gasteiger partial charge on any atom is 0.251 e. The molecular weight excluding hydrogens is 344 g/mol. The number of piperidine rings is 1. The molecule has 1 aromatic heterocycles. The number of hydrogen-bond acceptors (Lipinski definition) is 6. The summed E-state index contributed by atoms with van der Waals surface area (Å²) in [6.45, 7) is 4.65. The number of anilines is 1. The van der Waals surface area contributed by atoms with Crippen molar-refractivity contribution < 1.29 is 14.3 Å². The molecule has 1 aromatic carbocycles. The molecule has 1 aliphatic rings. The van der Waals surface area contributed by atoms with Gasteiger partial charge >= 0.3 is 0 Å². The Bertz CT molecular complexity index is 758. The number of nitrogens with one attached hydrogen (secondary N) is 1. The van der Waals surface area contributed by atoms with Crippen LogP contribution in [0, 0.1) is 6.92 Å². The molecule has 7 nitrogen and oxygen atoms in total. The van der Waals surface area contributed by atoms with E-state index in [1.807, 2.05) is 13.0 Å². The summed E-state index contributed by atoms with van der Waals surface area (Å²) in [5.41, 5.74) is 0.584. The van der Waals surface area contributed by atoms with Gasteiger partial charge in [-0.15, -0.1) is 0 Å². The molecule has 0 bridgehead atoms. The number of nitrogens with zero attached hydrogens (tertiary/aromatic N) is 3. The second kappa shape index (κ2) is 9.21. The predicted molar refractivity (Wildman–Crippen MR) is 104 cm³/mol. The van der Waals surface area contributed by atoms with E-state index < -0.39 is 0 Å². The van der Waals surface area contributed by atoms with Crippen molar-refractivity contribution in [3.63, 3.8) is 0 Å². The second-order valence-corrected chi connectivity index (χ2v) is 6.49. The number of amides is 1. The summed E-state index contributed by atoms with van der Waals surface area (Å²) in [4.78, 5) is 23.3. The monoisotopic (exact) mass is 370 g/mol. The molecular formula is C20H26N4O3. The molecule has 1 N–H and O–H groups in total. The molecule has 1 aliphatic heterocycles. The van der Waals surface area contributed by atoms with Crippen molar-refractivity contribution in [1.82, 2.24) is 15.3 Å². The minimum atomic E-state index is -0.144. The van der Waals surface area contributed by atoms with Crippen molar-refractivity contribution in [2.24, 2.45) is 0 Å². The number of rotatable bonds is 7. The average Bonchev–Trinajstić information content (AvgIpc) is 2.71. The van der Waals surface area contributed by atoms with Crippen molar-refractivity contribution in [2.75, 3.05) is 38.3 Å². The van der Waals surface area contributed by atoms with Crippen molar-refractivity contribution in [3.8, 4) is 11.6 Å². The number of aryl methyl sites for hydroxylation is 1. The van der Waals surface area contributed by atoms with E-state index in [1.165, 1.54) is 19.3 Å². The molecule has 1 amide bonds. The molecule has 1 fully saturated rings. The molecule has 7 heteroatoms. The lowest BCUT2D eigenvalue weighted by molar-refractivity contribution is 0.0946. The topological polar surface area (TPSA) is 76.6 Å². The van der Waals surface area contributed by atoms with Gasteiger partial charge in [0.05, 0.1) is 13.7 Å². The fraction of sp³-hybridized carbons (Fsp3) is 0.450. The van der Waals surface area contributed by atoms with Crippen molar-refractivity contribution in [2.45, 2.75) is 26.2 Å². The molecule has 144 valence electrons. The van der Waals surface area contributed by atoms with Crippen LogP contribution in [0.1, 0.15) is 35.4 Å². The Labute approximate surface area is 159 Å². The summed E-state index contributed by atoms with van der Waals surface area (Å²) in [6, 6.07) is 8.86. The number of aromatic nitrogens is 2. The highest BCUT2D eigenvalue weighted by molar-refractivity contribution is 5.94. The van der Waals surface area contributed by atoms with E-state index in [4.69, 9.17) is 9.47 Å². The predicted octanol–water partition coefficient (Wildman–Crippen LogP) is 2.59. The van der Waals surface area contributed by atoms with E-state index in [0.29, 0.717) is 30.4 Å². The molecule has 2 aromatic rings. The summed E-state index contributed by atoms with van der Waals surface area (Å²) in [5, 5.41) is 2.84. The Morgan fingerprint density at radius 3 is 2.59 bits per heavy atom. The van der Waals surface area contributed by atoms with Gasteiger partial charge in [0.2, 0.25) is 5.88 Å². The quantitative estimate of drug-likeness (QED) is 0.755. The van der Waals surface area contributed by atoms with E-state index in [2.05, 4.69) is 20.2 Å². The van der Waals surface area contributed by atoms with Gasteiger partial charge in [0, 0.05) is 24.7 Å². The Morgan fingerprint density at radius 1 is 1.15 bits per heavy atom. The number of carbonyl (C=O) groups is 1. The first-order valence-electron chi connectivity index (χ1n) is 9.31. The van der Waals surface area contributed by atoms with Gasteiger partial charge < -0.3 is 19.7 Å². The smallest absolute Gasteiger partial charge is 0.251 e. The van der Waals surface area contributed by atoms with Crippen LogP contribution in [-0.4, -0.2) is 49.2 Å². The lowest BCUT2D eigenvalue weighted by Crippen LogP contribution is -2.30. The van der Waals surface area contributed by atoms with Crippen LogP contribution in [0.25, 0.3) is 0 Å². The van der Waals surface area contributed by atoms with Crippen LogP contribution < -0.4 is 19.7 Å². The van der Waals surface area contributed by atoms with Gasteiger partial charge in [-0.05, 0) is 50.5 Å². The molecule has 0 spiro atoms. The number of ether oxygens (including phenoxy) is 2. The van der Waals surface area contributed by atoms with Crippen molar-refractivity contribution in [1.29, 1.82) is 0 Å². The SMILES string of the molecule is COc1ccc(C(=O)NCCOc2cc(N3CCCCC3)nc(C)n2)cc1. The molecule has 3 rings (SSSR count). The first-order valence-corrected chi connectivity index (χ1v) is 9.31.